The van der Waals surface area contributed by atoms with Crippen LogP contribution in [0.15, 0.2) is 28.5 Å². The zero-order chi connectivity index (χ0) is 17.1. The standard InChI is InChI=1S/C21H31NO2/c1-13(22-24)17-6-7-18-16-5-4-14-12-15(23)8-10-20(14,2)19(16)9-11-21(17,18)3/h4,6,15-16,18-19,23-24H,5,7-12H2,1-3H3/b22-13+/t15-,16-,18-,19-,20-,21+/m0/s1. The molecule has 0 unspecified atom stereocenters. The van der Waals surface area contributed by atoms with Gasteiger partial charge in [0.1, 0.15) is 0 Å². The first kappa shape index (κ1) is 16.4. The lowest BCUT2D eigenvalue weighted by Gasteiger charge is -2.57. The van der Waals surface area contributed by atoms with Gasteiger partial charge >= 0.3 is 0 Å². The summed E-state index contributed by atoms with van der Waals surface area (Å²) in [7, 11) is 0. The largest absolute Gasteiger partial charge is 0.411 e. The van der Waals surface area contributed by atoms with Crippen LogP contribution in [0.2, 0.25) is 0 Å². The van der Waals surface area contributed by atoms with Gasteiger partial charge in [-0.3, -0.25) is 0 Å². The maximum absolute atomic E-state index is 10.1. The lowest BCUT2D eigenvalue weighted by atomic mass is 9.47. The molecule has 0 aromatic rings. The Labute approximate surface area is 145 Å². The summed E-state index contributed by atoms with van der Waals surface area (Å²) in [5, 5.41) is 22.9. The second kappa shape index (κ2) is 5.45. The number of allylic oxidation sites excluding steroid dienone is 3. The van der Waals surface area contributed by atoms with Crippen LogP contribution in [0.5, 0.6) is 0 Å². The lowest BCUT2D eigenvalue weighted by Crippen LogP contribution is -2.50. The first-order valence-corrected chi connectivity index (χ1v) is 9.67. The fraction of sp³-hybridized carbons (Fsp3) is 0.762. The van der Waals surface area contributed by atoms with Gasteiger partial charge in [-0.1, -0.05) is 36.7 Å². The monoisotopic (exact) mass is 329 g/mol. The Hall–Kier alpha value is -1.09. The number of fused-ring (bicyclic) bond motifs is 5. The average molecular weight is 329 g/mol. The minimum Gasteiger partial charge on any atom is -0.411 e. The van der Waals surface area contributed by atoms with E-state index in [1.807, 2.05) is 6.92 Å². The summed E-state index contributed by atoms with van der Waals surface area (Å²) in [6.45, 7) is 6.80. The van der Waals surface area contributed by atoms with Gasteiger partial charge in [0.2, 0.25) is 0 Å². The van der Waals surface area contributed by atoms with Gasteiger partial charge in [-0.25, -0.2) is 0 Å². The third-order valence-electron chi connectivity index (χ3n) is 8.20. The fourth-order valence-electron chi connectivity index (χ4n) is 6.82. The predicted molar refractivity (Wildman–Crippen MR) is 96.1 cm³/mol. The van der Waals surface area contributed by atoms with Gasteiger partial charge in [0.05, 0.1) is 11.8 Å². The van der Waals surface area contributed by atoms with Crippen molar-refractivity contribution in [1.29, 1.82) is 0 Å². The van der Waals surface area contributed by atoms with Crippen molar-refractivity contribution < 1.29 is 10.3 Å². The van der Waals surface area contributed by atoms with Gasteiger partial charge < -0.3 is 10.3 Å². The van der Waals surface area contributed by atoms with E-state index in [9.17, 15) is 10.3 Å². The minimum absolute atomic E-state index is 0.127. The first-order chi connectivity index (χ1) is 11.4. The third-order valence-corrected chi connectivity index (χ3v) is 8.20. The Bertz CT molecular complexity index is 634. The first-order valence-electron chi connectivity index (χ1n) is 9.67. The number of oxime groups is 1. The Kier molecular flexibility index (Phi) is 3.72. The maximum atomic E-state index is 10.1. The molecule has 0 radical (unpaired) electrons. The predicted octanol–water partition coefficient (Wildman–Crippen LogP) is 4.70. The van der Waals surface area contributed by atoms with Crippen molar-refractivity contribution in [3.8, 4) is 0 Å². The van der Waals surface area contributed by atoms with Crippen LogP contribution in [0.3, 0.4) is 0 Å². The van der Waals surface area contributed by atoms with Crippen LogP contribution < -0.4 is 0 Å². The van der Waals surface area contributed by atoms with Crippen molar-refractivity contribution in [2.24, 2.45) is 33.7 Å². The molecule has 0 spiro atoms. The van der Waals surface area contributed by atoms with Crippen molar-refractivity contribution in [2.45, 2.75) is 71.8 Å². The number of aliphatic hydroxyl groups excluding tert-OH is 1. The molecule has 4 rings (SSSR count). The van der Waals surface area contributed by atoms with Gasteiger partial charge in [0.25, 0.3) is 0 Å². The topological polar surface area (TPSA) is 52.8 Å². The second-order valence-electron chi connectivity index (χ2n) is 9.15. The third kappa shape index (κ3) is 2.09. The molecule has 3 heteroatoms. The molecule has 6 atom stereocenters. The molecule has 2 N–H and O–H groups in total. The molecular formula is C21H31NO2. The SMILES string of the molecule is C/C(=N\O)C1=CC[C@H]2[C@@H]3CC=C4C[C@@H](O)CC[C@]4(C)[C@H]3CC[C@]12C. The molecule has 0 aliphatic heterocycles. The van der Waals surface area contributed by atoms with Crippen LogP contribution in [0.1, 0.15) is 65.7 Å². The highest BCUT2D eigenvalue weighted by atomic mass is 16.4. The van der Waals surface area contributed by atoms with E-state index in [-0.39, 0.29) is 11.5 Å². The Morgan fingerprint density at radius 1 is 1.08 bits per heavy atom. The summed E-state index contributed by atoms with van der Waals surface area (Å²) in [4.78, 5) is 0. The summed E-state index contributed by atoms with van der Waals surface area (Å²) in [6.07, 6.45) is 12.4. The molecule has 0 saturated heterocycles. The Morgan fingerprint density at radius 2 is 1.83 bits per heavy atom. The van der Waals surface area contributed by atoms with Crippen LogP contribution in [0.4, 0.5) is 0 Å². The van der Waals surface area contributed by atoms with E-state index in [0.717, 1.165) is 43.2 Å². The molecule has 0 amide bonds. The Morgan fingerprint density at radius 3 is 2.58 bits per heavy atom. The normalized spacial score (nSPS) is 48.1. The van der Waals surface area contributed by atoms with E-state index in [1.54, 1.807) is 0 Å². The van der Waals surface area contributed by atoms with Gasteiger partial charge in [0, 0.05) is 0 Å². The molecule has 24 heavy (non-hydrogen) atoms. The number of hydrogen-bond donors (Lipinski definition) is 2. The maximum Gasteiger partial charge on any atom is 0.0799 e. The van der Waals surface area contributed by atoms with Gasteiger partial charge in [-0.05, 0) is 86.0 Å². The van der Waals surface area contributed by atoms with E-state index < -0.39 is 0 Å². The molecule has 0 aromatic carbocycles. The quantitative estimate of drug-likeness (QED) is 0.317. The summed E-state index contributed by atoms with van der Waals surface area (Å²) in [6, 6.07) is 0. The van der Waals surface area contributed by atoms with Crippen molar-refractivity contribution in [1.82, 2.24) is 0 Å². The van der Waals surface area contributed by atoms with E-state index in [2.05, 4.69) is 31.2 Å². The molecule has 0 heterocycles. The number of rotatable bonds is 1. The van der Waals surface area contributed by atoms with Crippen LogP contribution >= 0.6 is 0 Å². The van der Waals surface area contributed by atoms with Crippen LogP contribution in [-0.2, 0) is 0 Å². The average Bonchev–Trinajstić information content (AvgIpc) is 2.92. The van der Waals surface area contributed by atoms with Crippen LogP contribution in [0, 0.1) is 28.6 Å². The highest BCUT2D eigenvalue weighted by molar-refractivity contribution is 5.99. The van der Waals surface area contributed by atoms with E-state index in [4.69, 9.17) is 0 Å². The van der Waals surface area contributed by atoms with Gasteiger partial charge in [0.15, 0.2) is 0 Å². The summed E-state index contributed by atoms with van der Waals surface area (Å²) >= 11 is 0. The molecular weight excluding hydrogens is 298 g/mol. The number of nitrogens with zero attached hydrogens (tertiary/aromatic N) is 1. The molecule has 0 bridgehead atoms. The molecule has 3 nitrogen and oxygen atoms in total. The van der Waals surface area contributed by atoms with Crippen molar-refractivity contribution >= 4 is 5.71 Å². The van der Waals surface area contributed by atoms with Crippen molar-refractivity contribution in [3.05, 3.63) is 23.3 Å². The van der Waals surface area contributed by atoms with Crippen LogP contribution in [0.25, 0.3) is 0 Å². The smallest absolute Gasteiger partial charge is 0.0799 e. The van der Waals surface area contributed by atoms with Gasteiger partial charge in [-0.2, -0.15) is 0 Å². The molecule has 4 aliphatic carbocycles. The number of hydrogen-bond acceptors (Lipinski definition) is 3. The van der Waals surface area contributed by atoms with Crippen LogP contribution in [-0.4, -0.2) is 22.1 Å². The number of aliphatic hydroxyl groups is 1. The van der Waals surface area contributed by atoms with Crippen molar-refractivity contribution in [3.63, 3.8) is 0 Å². The van der Waals surface area contributed by atoms with Gasteiger partial charge in [-0.15, -0.1) is 0 Å². The summed E-state index contributed by atoms with van der Waals surface area (Å²) < 4.78 is 0. The summed E-state index contributed by atoms with van der Waals surface area (Å²) in [5.74, 6) is 2.15. The molecule has 4 aliphatic rings. The zero-order valence-electron chi connectivity index (χ0n) is 15.3. The highest BCUT2D eigenvalue weighted by Crippen LogP contribution is 2.65. The van der Waals surface area contributed by atoms with E-state index in [0.29, 0.717) is 11.3 Å². The fourth-order valence-corrected chi connectivity index (χ4v) is 6.82. The molecule has 132 valence electrons. The summed E-state index contributed by atoms with van der Waals surface area (Å²) in [5.41, 5.74) is 4.09. The highest BCUT2D eigenvalue weighted by Gasteiger charge is 2.56. The minimum atomic E-state index is -0.127. The molecule has 2 saturated carbocycles. The Balaban J connectivity index is 1.66. The van der Waals surface area contributed by atoms with E-state index in [1.165, 1.54) is 30.4 Å². The second-order valence-corrected chi connectivity index (χ2v) is 9.15. The zero-order valence-corrected chi connectivity index (χ0v) is 15.3. The van der Waals surface area contributed by atoms with E-state index >= 15 is 0 Å². The molecule has 0 aromatic heterocycles. The van der Waals surface area contributed by atoms with Crippen molar-refractivity contribution in [2.75, 3.05) is 0 Å². The lowest BCUT2D eigenvalue weighted by molar-refractivity contribution is -0.0280. The molecule has 2 fully saturated rings.